The number of nitrogens with zero attached hydrogens (tertiary/aromatic N) is 5. The number of fused-ring (bicyclic) bond motifs is 2. The number of pyridine rings is 2. The molecule has 0 aliphatic carbocycles. The zero-order valence-electron chi connectivity index (χ0n) is 29.8. The van der Waals surface area contributed by atoms with Crippen LogP contribution in [0.3, 0.4) is 0 Å². The molecule has 0 spiro atoms. The van der Waals surface area contributed by atoms with Crippen LogP contribution in [-0.2, 0) is 27.7 Å². The summed E-state index contributed by atoms with van der Waals surface area (Å²) in [4.78, 5) is 63.7. The molecule has 4 heterocycles. The third-order valence-electron chi connectivity index (χ3n) is 8.24. The summed E-state index contributed by atoms with van der Waals surface area (Å²) in [5, 5.41) is 3.50. The predicted octanol–water partition coefficient (Wildman–Crippen LogP) is 4.73. The maximum Gasteiger partial charge on any atom is 0.335 e. The van der Waals surface area contributed by atoms with Crippen LogP contribution in [0.5, 0.6) is 0 Å². The molecule has 1 amide bonds. The number of esters is 1. The number of ether oxygens (including phenoxy) is 2. The third-order valence-corrected chi connectivity index (χ3v) is 8.24. The summed E-state index contributed by atoms with van der Waals surface area (Å²) in [6.07, 6.45) is 2.26. The highest BCUT2D eigenvalue weighted by Gasteiger charge is 2.27. The number of anilines is 1. The van der Waals surface area contributed by atoms with E-state index in [0.29, 0.717) is 64.9 Å². The Kier molecular flexibility index (Phi) is 13.3. The number of benzene rings is 2. The topological polar surface area (TPSA) is 138 Å². The van der Waals surface area contributed by atoms with Gasteiger partial charge in [0.05, 0.1) is 54.2 Å². The number of halogens is 3. The van der Waals surface area contributed by atoms with Gasteiger partial charge in [0.1, 0.15) is 11.9 Å². The van der Waals surface area contributed by atoms with Crippen molar-refractivity contribution in [2.75, 3.05) is 38.3 Å². The van der Waals surface area contributed by atoms with E-state index in [1.54, 1.807) is 50.4 Å². The molecule has 2 aromatic carbocycles. The molecule has 0 saturated carbocycles. The van der Waals surface area contributed by atoms with Crippen LogP contribution in [0, 0.1) is 12.7 Å². The minimum Gasteiger partial charge on any atom is -0.467 e. The Morgan fingerprint density at radius 3 is 2.38 bits per heavy atom. The first-order chi connectivity index (χ1) is 24.9. The number of hydrogen-bond acceptors (Lipinski definition) is 9. The lowest BCUT2D eigenvalue weighted by molar-refractivity contribution is -0.142. The van der Waals surface area contributed by atoms with Crippen LogP contribution in [0.25, 0.3) is 27.5 Å². The van der Waals surface area contributed by atoms with Gasteiger partial charge in [-0.25, -0.2) is 27.3 Å². The molecule has 6 rings (SSSR count). The lowest BCUT2D eigenvalue weighted by atomic mass is 9.99. The molecule has 1 aliphatic heterocycles. The number of carbonyl (C=O) groups excluding carboxylic acids is 2. The zero-order valence-corrected chi connectivity index (χ0v) is 29.8. The number of hydrogen-bond donors (Lipinski definition) is 1. The highest BCUT2D eigenvalue weighted by Crippen LogP contribution is 2.26. The fourth-order valence-electron chi connectivity index (χ4n) is 5.89. The molecule has 1 saturated heterocycles. The monoisotopic (exact) mass is 722 g/mol. The lowest BCUT2D eigenvalue weighted by Crippen LogP contribution is -2.43. The Morgan fingerprint density at radius 1 is 1.04 bits per heavy atom. The van der Waals surface area contributed by atoms with E-state index in [1.807, 2.05) is 18.7 Å². The van der Waals surface area contributed by atoms with Crippen molar-refractivity contribution >= 4 is 39.4 Å². The Balaban J connectivity index is 0.000000944. The smallest absolute Gasteiger partial charge is 0.335 e. The number of nitrogens with one attached hydrogen (secondary N) is 1. The van der Waals surface area contributed by atoms with E-state index in [2.05, 4.69) is 15.3 Å². The summed E-state index contributed by atoms with van der Waals surface area (Å²) in [6.45, 7) is 8.75. The quantitative estimate of drug-likeness (QED) is 0.237. The van der Waals surface area contributed by atoms with Gasteiger partial charge in [-0.05, 0) is 55.3 Å². The molecule has 1 aliphatic rings. The molecule has 1 N–H and O–H groups in total. The van der Waals surface area contributed by atoms with Crippen molar-refractivity contribution in [3.8, 4) is 5.69 Å². The second kappa shape index (κ2) is 17.6. The van der Waals surface area contributed by atoms with Crippen molar-refractivity contribution in [2.45, 2.75) is 46.6 Å². The van der Waals surface area contributed by atoms with Gasteiger partial charge in [-0.3, -0.25) is 24.1 Å². The number of methoxy groups -OCH3 is 1. The molecule has 0 unspecified atom stereocenters. The number of carbonyl (C=O) groups is 2. The third kappa shape index (κ3) is 8.48. The summed E-state index contributed by atoms with van der Waals surface area (Å²) in [5.41, 5.74) is 1.34. The molecule has 52 heavy (non-hydrogen) atoms. The second-order valence-electron chi connectivity index (χ2n) is 11.5. The number of amides is 1. The maximum atomic E-state index is 15.4. The number of aromatic nitrogens is 4. The van der Waals surface area contributed by atoms with Crippen LogP contribution in [-0.4, -0.2) is 76.9 Å². The van der Waals surface area contributed by atoms with E-state index in [-0.39, 0.29) is 17.7 Å². The first kappa shape index (κ1) is 39.2. The van der Waals surface area contributed by atoms with Crippen molar-refractivity contribution in [1.29, 1.82) is 0 Å². The fraction of sp³-hybridized carbons (Fsp3) is 0.351. The Labute approximate surface area is 297 Å². The SMILES string of the molecule is CC.CC(F)F.COC(=O)[C@H](Cc1ccc(-n2c(=O)c3ccncc3n(C)c2=O)c2ncccc12)NC(=O)c1c(C)cc(N2CCOCC2)cc1F. The molecule has 15 heteroatoms. The summed E-state index contributed by atoms with van der Waals surface area (Å²) >= 11 is 0. The van der Waals surface area contributed by atoms with Crippen LogP contribution in [0.15, 0.2) is 70.6 Å². The van der Waals surface area contributed by atoms with Gasteiger partial charge in [0.15, 0.2) is 0 Å². The van der Waals surface area contributed by atoms with Crippen LogP contribution >= 0.6 is 0 Å². The lowest BCUT2D eigenvalue weighted by Gasteiger charge is -2.29. The molecule has 3 aromatic heterocycles. The van der Waals surface area contributed by atoms with Crippen LogP contribution in [0.4, 0.5) is 18.9 Å². The van der Waals surface area contributed by atoms with Crippen LogP contribution in [0.1, 0.15) is 42.3 Å². The number of morpholine rings is 1. The summed E-state index contributed by atoms with van der Waals surface area (Å²) in [7, 11) is 2.75. The van der Waals surface area contributed by atoms with Crippen LogP contribution in [0.2, 0.25) is 0 Å². The van der Waals surface area contributed by atoms with E-state index in [0.717, 1.165) is 11.5 Å². The van der Waals surface area contributed by atoms with E-state index in [9.17, 15) is 28.0 Å². The van der Waals surface area contributed by atoms with Gasteiger partial charge in [-0.15, -0.1) is 0 Å². The van der Waals surface area contributed by atoms with E-state index in [4.69, 9.17) is 9.47 Å². The Bertz CT molecular complexity index is 2160. The minimum absolute atomic E-state index is 0.0380. The van der Waals surface area contributed by atoms with Crippen molar-refractivity contribution in [1.82, 2.24) is 24.4 Å². The van der Waals surface area contributed by atoms with E-state index >= 15 is 4.39 Å². The van der Waals surface area contributed by atoms with Crippen molar-refractivity contribution in [3.05, 3.63) is 104 Å². The first-order valence-corrected chi connectivity index (χ1v) is 16.6. The van der Waals surface area contributed by atoms with Gasteiger partial charge in [0, 0.05) is 50.0 Å². The average Bonchev–Trinajstić information content (AvgIpc) is 3.14. The van der Waals surface area contributed by atoms with E-state index < -0.39 is 41.4 Å². The number of rotatable bonds is 7. The highest BCUT2D eigenvalue weighted by molar-refractivity contribution is 5.99. The van der Waals surface area contributed by atoms with Crippen molar-refractivity contribution in [2.24, 2.45) is 7.05 Å². The molecular weight excluding hydrogens is 681 g/mol. The second-order valence-corrected chi connectivity index (χ2v) is 11.5. The minimum atomic E-state index is -2.17. The van der Waals surface area contributed by atoms with Gasteiger partial charge < -0.3 is 19.7 Å². The molecule has 276 valence electrons. The Morgan fingerprint density at radius 2 is 1.73 bits per heavy atom. The van der Waals surface area contributed by atoms with Gasteiger partial charge >= 0.3 is 11.7 Å². The van der Waals surface area contributed by atoms with E-state index in [1.165, 1.54) is 36.3 Å². The molecule has 0 bridgehead atoms. The zero-order chi connectivity index (χ0) is 38.1. The molecule has 5 aromatic rings. The highest BCUT2D eigenvalue weighted by atomic mass is 19.3. The van der Waals surface area contributed by atoms with Gasteiger partial charge in [-0.1, -0.05) is 26.0 Å². The fourth-order valence-corrected chi connectivity index (χ4v) is 5.89. The molecular formula is C37H41F3N6O6. The van der Waals surface area contributed by atoms with Gasteiger partial charge in [0.2, 0.25) is 6.43 Å². The van der Waals surface area contributed by atoms with Crippen LogP contribution < -0.4 is 21.5 Å². The molecule has 1 atom stereocenters. The summed E-state index contributed by atoms with van der Waals surface area (Å²) in [5.74, 6) is -2.20. The average molecular weight is 723 g/mol. The van der Waals surface area contributed by atoms with Crippen molar-refractivity contribution < 1.29 is 32.2 Å². The normalized spacial score (nSPS) is 13.2. The molecule has 12 nitrogen and oxygen atoms in total. The number of alkyl halides is 2. The maximum absolute atomic E-state index is 15.4. The summed E-state index contributed by atoms with van der Waals surface area (Å²) < 4.78 is 48.8. The standard InChI is InChI=1S/C33H31FN6O6.C2H4F2.C2H6/c1-19-15-21(39-11-13-46-14-12-39)17-24(34)28(19)30(41)37-25(32(43)45-3)16-20-6-7-26(29-22(20)5-4-9-36-29)40-31(42)23-8-10-35-18-27(23)38(2)33(40)44;1-2(3)4;1-2/h4-10,15,17-18,25H,11-14,16H2,1-3H3,(H,37,41);2H,1H3;1-2H3/t25-;;/m0../s1. The molecule has 0 radical (unpaired) electrons. The molecule has 1 fully saturated rings. The van der Waals surface area contributed by atoms with Gasteiger partial charge in [0.25, 0.3) is 11.5 Å². The largest absolute Gasteiger partial charge is 0.467 e. The predicted molar refractivity (Wildman–Crippen MR) is 192 cm³/mol. The van der Waals surface area contributed by atoms with Gasteiger partial charge in [-0.2, -0.15) is 0 Å². The summed E-state index contributed by atoms with van der Waals surface area (Å²) in [6, 6.07) is 10.1. The number of aryl methyl sites for hydroxylation is 2. The van der Waals surface area contributed by atoms with Crippen molar-refractivity contribution in [3.63, 3.8) is 0 Å². The first-order valence-electron chi connectivity index (χ1n) is 16.6. The Hall–Kier alpha value is -5.57.